The number of rotatable bonds is 3. The second kappa shape index (κ2) is 3.87. The molecular weight excluding hydrogens is 204 g/mol. The van der Waals surface area contributed by atoms with Crippen molar-refractivity contribution in [1.29, 1.82) is 0 Å². The molecular formula is C12H18N2S. The lowest BCUT2D eigenvalue weighted by molar-refractivity contribution is 0.326. The first kappa shape index (κ1) is 9.79. The van der Waals surface area contributed by atoms with Crippen LogP contribution in [0.3, 0.4) is 0 Å². The molecule has 2 saturated carbocycles. The molecule has 2 fully saturated rings. The number of hydrogen-bond donors (Lipinski definition) is 1. The van der Waals surface area contributed by atoms with Crippen molar-refractivity contribution in [3.8, 4) is 0 Å². The molecule has 1 aromatic rings. The van der Waals surface area contributed by atoms with Crippen molar-refractivity contribution < 1.29 is 0 Å². The minimum absolute atomic E-state index is 0.439. The van der Waals surface area contributed by atoms with Gasteiger partial charge in [-0.25, -0.2) is 4.98 Å². The third-order valence-corrected chi connectivity index (χ3v) is 4.98. The predicted octanol–water partition coefficient (Wildman–Crippen LogP) is 2.98. The Labute approximate surface area is 95.1 Å². The Morgan fingerprint density at radius 3 is 3.00 bits per heavy atom. The molecule has 0 saturated heterocycles. The van der Waals surface area contributed by atoms with Crippen LogP contribution < -0.4 is 5.32 Å². The van der Waals surface area contributed by atoms with Gasteiger partial charge in [-0.3, -0.25) is 0 Å². The Morgan fingerprint density at radius 2 is 2.40 bits per heavy atom. The zero-order valence-corrected chi connectivity index (χ0v) is 9.96. The van der Waals surface area contributed by atoms with Crippen LogP contribution in [0.1, 0.15) is 43.7 Å². The molecule has 0 spiro atoms. The summed E-state index contributed by atoms with van der Waals surface area (Å²) in [6, 6.07) is 1.21. The smallest absolute Gasteiger partial charge is 0.109 e. The Hall–Kier alpha value is -0.410. The molecule has 0 amide bonds. The lowest BCUT2D eigenvalue weighted by Gasteiger charge is -2.25. The highest BCUT2D eigenvalue weighted by molar-refractivity contribution is 7.09. The first-order valence-electron chi connectivity index (χ1n) is 5.98. The molecule has 4 atom stereocenters. The van der Waals surface area contributed by atoms with E-state index in [0.717, 1.165) is 17.9 Å². The first-order valence-corrected chi connectivity index (χ1v) is 6.86. The summed E-state index contributed by atoms with van der Waals surface area (Å²) in [7, 11) is 0. The minimum Gasteiger partial charge on any atom is -0.305 e. The van der Waals surface area contributed by atoms with E-state index >= 15 is 0 Å². The Balaban J connectivity index is 1.62. The van der Waals surface area contributed by atoms with Crippen molar-refractivity contribution in [3.63, 3.8) is 0 Å². The van der Waals surface area contributed by atoms with E-state index < -0.39 is 0 Å². The zero-order valence-electron chi connectivity index (χ0n) is 9.15. The summed E-state index contributed by atoms with van der Waals surface area (Å²) in [6.45, 7) is 2.24. The van der Waals surface area contributed by atoms with Gasteiger partial charge in [0.15, 0.2) is 0 Å². The molecule has 2 bridgehead atoms. The summed E-state index contributed by atoms with van der Waals surface area (Å²) >= 11 is 1.76. The molecule has 2 aliphatic carbocycles. The quantitative estimate of drug-likeness (QED) is 0.850. The monoisotopic (exact) mass is 222 g/mol. The maximum atomic E-state index is 4.38. The fraction of sp³-hybridized carbons (Fsp3) is 0.750. The third kappa shape index (κ3) is 1.83. The van der Waals surface area contributed by atoms with Crippen molar-refractivity contribution in [2.45, 2.75) is 44.7 Å². The maximum absolute atomic E-state index is 4.38. The average molecular weight is 222 g/mol. The number of fused-ring (bicyclic) bond motifs is 2. The Bertz CT molecular complexity index is 322. The minimum atomic E-state index is 0.439. The van der Waals surface area contributed by atoms with Gasteiger partial charge in [-0.15, -0.1) is 11.3 Å². The summed E-state index contributed by atoms with van der Waals surface area (Å²) < 4.78 is 0. The van der Waals surface area contributed by atoms with Crippen LogP contribution >= 0.6 is 11.3 Å². The molecule has 0 radical (unpaired) electrons. The van der Waals surface area contributed by atoms with Crippen LogP contribution in [0.2, 0.25) is 0 Å². The van der Waals surface area contributed by atoms with Crippen LogP contribution in [0.4, 0.5) is 0 Å². The topological polar surface area (TPSA) is 24.9 Å². The van der Waals surface area contributed by atoms with Crippen LogP contribution in [0, 0.1) is 11.8 Å². The molecule has 4 unspecified atom stereocenters. The van der Waals surface area contributed by atoms with Gasteiger partial charge in [0, 0.05) is 17.6 Å². The van der Waals surface area contributed by atoms with Crippen molar-refractivity contribution in [2.75, 3.05) is 0 Å². The summed E-state index contributed by atoms with van der Waals surface area (Å²) in [5, 5.41) is 7.06. The van der Waals surface area contributed by atoms with Gasteiger partial charge in [0.05, 0.1) is 6.04 Å². The molecule has 3 rings (SSSR count). The van der Waals surface area contributed by atoms with Gasteiger partial charge in [0.2, 0.25) is 0 Å². The molecule has 3 heteroatoms. The number of thiazole rings is 1. The fourth-order valence-corrected chi connectivity index (χ4v) is 3.94. The van der Waals surface area contributed by atoms with E-state index in [-0.39, 0.29) is 0 Å². The highest BCUT2D eigenvalue weighted by atomic mass is 32.1. The summed E-state index contributed by atoms with van der Waals surface area (Å²) in [6.07, 6.45) is 7.71. The van der Waals surface area contributed by atoms with E-state index in [1.54, 1.807) is 11.3 Å². The predicted molar refractivity (Wildman–Crippen MR) is 62.9 cm³/mol. The number of hydrogen-bond acceptors (Lipinski definition) is 3. The largest absolute Gasteiger partial charge is 0.305 e. The summed E-state index contributed by atoms with van der Waals surface area (Å²) in [4.78, 5) is 4.38. The number of aromatic nitrogens is 1. The van der Waals surface area contributed by atoms with Gasteiger partial charge in [0.25, 0.3) is 0 Å². The van der Waals surface area contributed by atoms with Crippen LogP contribution in [0.5, 0.6) is 0 Å². The molecule has 0 aliphatic heterocycles. The Morgan fingerprint density at radius 1 is 1.47 bits per heavy atom. The lowest BCUT2D eigenvalue weighted by Crippen LogP contribution is -2.35. The van der Waals surface area contributed by atoms with Crippen molar-refractivity contribution in [2.24, 2.45) is 11.8 Å². The summed E-state index contributed by atoms with van der Waals surface area (Å²) in [5.74, 6) is 1.98. The van der Waals surface area contributed by atoms with Crippen molar-refractivity contribution in [1.82, 2.24) is 10.3 Å². The molecule has 82 valence electrons. The van der Waals surface area contributed by atoms with E-state index in [1.807, 2.05) is 6.20 Å². The van der Waals surface area contributed by atoms with E-state index in [1.165, 1.54) is 30.7 Å². The molecule has 1 N–H and O–H groups in total. The lowest BCUT2D eigenvalue weighted by atomic mass is 9.95. The first-order chi connectivity index (χ1) is 7.33. The van der Waals surface area contributed by atoms with Crippen LogP contribution in [-0.2, 0) is 0 Å². The van der Waals surface area contributed by atoms with Crippen LogP contribution in [0.15, 0.2) is 11.6 Å². The van der Waals surface area contributed by atoms with E-state index in [4.69, 9.17) is 0 Å². The van der Waals surface area contributed by atoms with Crippen molar-refractivity contribution in [3.05, 3.63) is 16.6 Å². The molecule has 2 nitrogen and oxygen atoms in total. The SMILES string of the molecule is CC(NC1CC2CCC1C2)c1nccs1. The van der Waals surface area contributed by atoms with Crippen LogP contribution in [-0.4, -0.2) is 11.0 Å². The average Bonchev–Trinajstić information content (AvgIpc) is 2.95. The molecule has 1 heterocycles. The van der Waals surface area contributed by atoms with E-state index in [0.29, 0.717) is 6.04 Å². The van der Waals surface area contributed by atoms with Crippen LogP contribution in [0.25, 0.3) is 0 Å². The normalized spacial score (nSPS) is 35.9. The molecule has 0 aromatic carbocycles. The van der Waals surface area contributed by atoms with Gasteiger partial charge < -0.3 is 5.32 Å². The second-order valence-corrected chi connectivity index (χ2v) is 5.97. The fourth-order valence-electron chi connectivity index (χ4n) is 3.29. The summed E-state index contributed by atoms with van der Waals surface area (Å²) in [5.41, 5.74) is 0. The highest BCUT2D eigenvalue weighted by Gasteiger charge is 2.39. The Kier molecular flexibility index (Phi) is 2.53. The van der Waals surface area contributed by atoms with Crippen molar-refractivity contribution >= 4 is 11.3 Å². The van der Waals surface area contributed by atoms with Gasteiger partial charge >= 0.3 is 0 Å². The second-order valence-electron chi connectivity index (χ2n) is 5.04. The van der Waals surface area contributed by atoms with Gasteiger partial charge in [-0.05, 0) is 38.0 Å². The number of nitrogens with one attached hydrogen (secondary N) is 1. The van der Waals surface area contributed by atoms with E-state index in [2.05, 4.69) is 22.6 Å². The standard InChI is InChI=1S/C12H18N2S/c1-8(12-13-4-5-15-12)14-11-7-9-2-3-10(11)6-9/h4-5,8-11,14H,2-3,6-7H2,1H3. The van der Waals surface area contributed by atoms with Gasteiger partial charge in [0.1, 0.15) is 5.01 Å². The van der Waals surface area contributed by atoms with E-state index in [9.17, 15) is 0 Å². The highest BCUT2D eigenvalue weighted by Crippen LogP contribution is 2.45. The third-order valence-electron chi connectivity index (χ3n) is 4.02. The molecule has 1 aromatic heterocycles. The van der Waals surface area contributed by atoms with Gasteiger partial charge in [-0.1, -0.05) is 6.42 Å². The zero-order chi connectivity index (χ0) is 10.3. The molecule has 2 aliphatic rings. The van der Waals surface area contributed by atoms with Gasteiger partial charge in [-0.2, -0.15) is 0 Å². The maximum Gasteiger partial charge on any atom is 0.109 e. The number of nitrogens with zero attached hydrogens (tertiary/aromatic N) is 1. The molecule has 15 heavy (non-hydrogen) atoms.